The molecule has 0 aromatic carbocycles. The Morgan fingerprint density at radius 3 is 1.85 bits per heavy atom. The van der Waals surface area contributed by atoms with Gasteiger partial charge in [-0.05, 0) is 160 Å². The number of methoxy groups -OCH3 is 1. The van der Waals surface area contributed by atoms with Gasteiger partial charge in [0.1, 0.15) is 0 Å². The standard InChI is InChI=1S/C41H61NO4/c1-38-18-14-26(22-24(38)6-8-29-31-11-13-35(37(45)46-5)41(31,4)21-17-32(29)38)42-36(44)34-12-10-30-28-9-7-25-23-27(43)15-19-39(25,2)33(28)16-20-40(30,34)3/h6-7,26-35,43H,8-23H2,1-5H3,(H,42,44)/t26-,27-,28-,29-,30-,31-,32-,33-,34+,35+,38-,39-,40-,41-/m0/s1. The zero-order valence-corrected chi connectivity index (χ0v) is 29.4. The van der Waals surface area contributed by atoms with E-state index in [1.165, 1.54) is 37.7 Å². The van der Waals surface area contributed by atoms with Crippen LogP contribution in [-0.4, -0.2) is 36.2 Å². The van der Waals surface area contributed by atoms with Gasteiger partial charge < -0.3 is 15.2 Å². The lowest BCUT2D eigenvalue weighted by molar-refractivity contribution is -0.152. The van der Waals surface area contributed by atoms with Crippen molar-refractivity contribution in [3.63, 3.8) is 0 Å². The highest BCUT2D eigenvalue weighted by molar-refractivity contribution is 5.80. The number of amides is 1. The third-order valence-corrected chi connectivity index (χ3v) is 17.3. The first-order valence-electron chi connectivity index (χ1n) is 19.4. The Balaban J connectivity index is 0.938. The van der Waals surface area contributed by atoms with E-state index in [2.05, 4.69) is 45.2 Å². The highest BCUT2D eigenvalue weighted by Crippen LogP contribution is 2.68. The lowest BCUT2D eigenvalue weighted by Gasteiger charge is -2.58. The van der Waals surface area contributed by atoms with E-state index in [4.69, 9.17) is 4.74 Å². The fraction of sp³-hybridized carbons (Fsp3) is 0.854. The van der Waals surface area contributed by atoms with Crippen LogP contribution >= 0.6 is 0 Å². The highest BCUT2D eigenvalue weighted by Gasteiger charge is 2.62. The van der Waals surface area contributed by atoms with Crippen molar-refractivity contribution >= 4 is 11.9 Å². The molecule has 0 aliphatic heterocycles. The van der Waals surface area contributed by atoms with Crippen LogP contribution < -0.4 is 5.32 Å². The van der Waals surface area contributed by atoms with E-state index in [-0.39, 0.29) is 51.6 Å². The van der Waals surface area contributed by atoms with Gasteiger partial charge >= 0.3 is 5.97 Å². The maximum absolute atomic E-state index is 14.2. The Bertz CT molecular complexity index is 1340. The highest BCUT2D eigenvalue weighted by atomic mass is 16.5. The van der Waals surface area contributed by atoms with Gasteiger partial charge in [-0.15, -0.1) is 0 Å². The molecular weight excluding hydrogens is 570 g/mol. The van der Waals surface area contributed by atoms with Crippen LogP contribution in [0.1, 0.15) is 130 Å². The summed E-state index contributed by atoms with van der Waals surface area (Å²) in [6.45, 7) is 9.91. The summed E-state index contributed by atoms with van der Waals surface area (Å²) in [4.78, 5) is 26.9. The van der Waals surface area contributed by atoms with E-state index in [1.54, 1.807) is 12.7 Å². The maximum atomic E-state index is 14.2. The third kappa shape index (κ3) is 4.40. The SMILES string of the molecule is COC(=O)[C@H]1CC[C@H]2[C@@H]3CC=C4C[C@@H](NC(=O)[C@H]5CC[C@H]6[C@@H]7CC=C8C[C@@H](O)CC[C@]8(C)[C@H]7CC[C@]56C)CC[C@]4(C)[C@H]3CC[C@]12C. The summed E-state index contributed by atoms with van der Waals surface area (Å²) in [7, 11) is 1.56. The van der Waals surface area contributed by atoms with E-state index in [1.807, 2.05) is 0 Å². The zero-order valence-electron chi connectivity index (χ0n) is 29.4. The molecule has 0 unspecified atom stereocenters. The largest absolute Gasteiger partial charge is 0.469 e. The summed E-state index contributed by atoms with van der Waals surface area (Å²) in [5.74, 6) is 4.60. The van der Waals surface area contributed by atoms with Crippen LogP contribution in [0.3, 0.4) is 0 Å². The number of carbonyl (C=O) groups is 2. The van der Waals surface area contributed by atoms with Gasteiger partial charge in [0.2, 0.25) is 5.91 Å². The van der Waals surface area contributed by atoms with Gasteiger partial charge in [0.25, 0.3) is 0 Å². The Morgan fingerprint density at radius 2 is 1.24 bits per heavy atom. The molecule has 8 aliphatic carbocycles. The number of rotatable bonds is 3. The Kier molecular flexibility index (Phi) is 7.53. The average Bonchev–Trinajstić information content (AvgIpc) is 3.58. The van der Waals surface area contributed by atoms with Gasteiger partial charge in [-0.2, -0.15) is 0 Å². The fourth-order valence-electron chi connectivity index (χ4n) is 14.7. The molecule has 1 amide bonds. The number of allylic oxidation sites excluding steroid dienone is 2. The Hall–Kier alpha value is -1.62. The molecule has 0 aromatic heterocycles. The second kappa shape index (κ2) is 10.9. The quantitative estimate of drug-likeness (QED) is 0.243. The molecule has 254 valence electrons. The molecule has 0 aromatic rings. The molecule has 5 heteroatoms. The van der Waals surface area contributed by atoms with Crippen LogP contribution in [0.5, 0.6) is 0 Å². The Morgan fingerprint density at radius 1 is 0.696 bits per heavy atom. The summed E-state index contributed by atoms with van der Waals surface area (Å²) < 4.78 is 5.26. The number of fused-ring (bicyclic) bond motifs is 10. The van der Waals surface area contributed by atoms with Crippen LogP contribution in [0.25, 0.3) is 0 Å². The van der Waals surface area contributed by atoms with E-state index in [0.717, 1.165) is 70.6 Å². The van der Waals surface area contributed by atoms with Crippen molar-refractivity contribution in [3.05, 3.63) is 23.3 Å². The molecular formula is C41H61NO4. The number of ether oxygens (including phenoxy) is 1. The molecule has 0 bridgehead atoms. The molecule has 46 heavy (non-hydrogen) atoms. The topological polar surface area (TPSA) is 75.6 Å². The van der Waals surface area contributed by atoms with Crippen molar-refractivity contribution in [2.24, 2.45) is 69.0 Å². The summed E-state index contributed by atoms with van der Waals surface area (Å²) in [6.07, 6.45) is 22.6. The number of carbonyl (C=O) groups excluding carboxylic acids is 2. The maximum Gasteiger partial charge on any atom is 0.309 e. The average molecular weight is 632 g/mol. The summed E-state index contributed by atoms with van der Waals surface area (Å²) in [6, 6.07) is 0.263. The second-order valence-electron chi connectivity index (χ2n) is 18.7. The first-order valence-corrected chi connectivity index (χ1v) is 19.4. The van der Waals surface area contributed by atoms with Crippen molar-refractivity contribution in [1.29, 1.82) is 0 Å². The van der Waals surface area contributed by atoms with Gasteiger partial charge in [-0.25, -0.2) is 0 Å². The number of aliphatic hydroxyl groups is 1. The molecule has 14 atom stereocenters. The van der Waals surface area contributed by atoms with E-state index in [9.17, 15) is 14.7 Å². The molecule has 0 saturated heterocycles. The summed E-state index contributed by atoms with van der Waals surface area (Å²) >= 11 is 0. The minimum absolute atomic E-state index is 0.0115. The van der Waals surface area contributed by atoms with Crippen LogP contribution in [0.2, 0.25) is 0 Å². The number of nitrogens with one attached hydrogen (secondary N) is 1. The summed E-state index contributed by atoms with van der Waals surface area (Å²) in [5.41, 5.74) is 3.83. The first-order chi connectivity index (χ1) is 21.9. The molecule has 6 saturated carbocycles. The van der Waals surface area contributed by atoms with Crippen molar-refractivity contribution in [3.8, 4) is 0 Å². The predicted octanol–water partition coefficient (Wildman–Crippen LogP) is 8.16. The number of hydrogen-bond donors (Lipinski definition) is 2. The van der Waals surface area contributed by atoms with Crippen LogP contribution in [0.4, 0.5) is 0 Å². The van der Waals surface area contributed by atoms with Crippen molar-refractivity contribution < 1.29 is 19.4 Å². The van der Waals surface area contributed by atoms with E-state index >= 15 is 0 Å². The smallest absolute Gasteiger partial charge is 0.309 e. The first kappa shape index (κ1) is 31.6. The number of esters is 1. The Labute approximate surface area is 278 Å². The van der Waals surface area contributed by atoms with Crippen LogP contribution in [0, 0.1) is 69.0 Å². The van der Waals surface area contributed by atoms with Crippen LogP contribution in [0.15, 0.2) is 23.3 Å². The van der Waals surface area contributed by atoms with E-state index in [0.29, 0.717) is 41.4 Å². The number of hydrogen-bond acceptors (Lipinski definition) is 4. The lowest BCUT2D eigenvalue weighted by Crippen LogP contribution is -2.54. The van der Waals surface area contributed by atoms with Crippen molar-refractivity contribution in [2.45, 2.75) is 143 Å². The molecule has 2 N–H and O–H groups in total. The monoisotopic (exact) mass is 631 g/mol. The van der Waals surface area contributed by atoms with Gasteiger partial charge in [0.15, 0.2) is 0 Å². The minimum atomic E-state index is -0.153. The molecule has 0 heterocycles. The van der Waals surface area contributed by atoms with Crippen LogP contribution in [-0.2, 0) is 14.3 Å². The third-order valence-electron chi connectivity index (χ3n) is 17.3. The molecule has 6 fully saturated rings. The van der Waals surface area contributed by atoms with Crippen molar-refractivity contribution in [2.75, 3.05) is 7.11 Å². The zero-order chi connectivity index (χ0) is 32.2. The van der Waals surface area contributed by atoms with Gasteiger partial charge in [-0.3, -0.25) is 9.59 Å². The molecule has 0 radical (unpaired) electrons. The second-order valence-corrected chi connectivity index (χ2v) is 18.7. The summed E-state index contributed by atoms with van der Waals surface area (Å²) in [5, 5.41) is 14.0. The molecule has 0 spiro atoms. The normalized spacial score (nSPS) is 52.4. The van der Waals surface area contributed by atoms with E-state index < -0.39 is 0 Å². The molecule has 8 aliphatic rings. The molecule has 8 rings (SSSR count). The minimum Gasteiger partial charge on any atom is -0.469 e. The molecule has 5 nitrogen and oxygen atoms in total. The number of aliphatic hydroxyl groups excluding tert-OH is 1. The van der Waals surface area contributed by atoms with Gasteiger partial charge in [0, 0.05) is 12.0 Å². The van der Waals surface area contributed by atoms with Gasteiger partial charge in [-0.1, -0.05) is 51.0 Å². The lowest BCUT2D eigenvalue weighted by atomic mass is 9.47. The van der Waals surface area contributed by atoms with Crippen molar-refractivity contribution in [1.82, 2.24) is 5.32 Å². The van der Waals surface area contributed by atoms with Gasteiger partial charge in [0.05, 0.1) is 19.1 Å². The predicted molar refractivity (Wildman–Crippen MR) is 180 cm³/mol. The fourth-order valence-corrected chi connectivity index (χ4v) is 14.7.